The maximum atomic E-state index is 6.45. The maximum Gasteiger partial charge on any atom is 0.157 e. The second-order valence-corrected chi connectivity index (χ2v) is 10.3. The van der Waals surface area contributed by atoms with Crippen LogP contribution in [0.5, 0.6) is 0 Å². The molecule has 0 aliphatic rings. The summed E-state index contributed by atoms with van der Waals surface area (Å²) in [7, 11) is 8.58. The molecular formula is C20H45NO5P2. The van der Waals surface area contributed by atoms with Crippen molar-refractivity contribution in [2.24, 2.45) is 5.73 Å². The Labute approximate surface area is 176 Å². The first-order chi connectivity index (χ1) is 13.5. The van der Waals surface area contributed by atoms with Gasteiger partial charge in [0.1, 0.15) is 0 Å². The third-order valence-electron chi connectivity index (χ3n) is 4.77. The van der Waals surface area contributed by atoms with E-state index >= 15 is 0 Å². The third kappa shape index (κ3) is 13.8. The van der Waals surface area contributed by atoms with Gasteiger partial charge in [-0.15, -0.1) is 17.2 Å². The van der Waals surface area contributed by atoms with Crippen LogP contribution in [0, 0.1) is 0 Å². The highest BCUT2D eigenvalue weighted by Crippen LogP contribution is 2.33. The molecule has 170 valence electrons. The van der Waals surface area contributed by atoms with Gasteiger partial charge in [0.15, 0.2) is 12.6 Å². The predicted octanol–water partition coefficient (Wildman–Crippen LogP) is 3.65. The van der Waals surface area contributed by atoms with Crippen molar-refractivity contribution in [1.29, 1.82) is 0 Å². The molecule has 8 heteroatoms. The second kappa shape index (κ2) is 18.4. The van der Waals surface area contributed by atoms with Gasteiger partial charge in [-0.1, -0.05) is 0 Å². The van der Waals surface area contributed by atoms with Gasteiger partial charge in [0.2, 0.25) is 0 Å². The molecule has 0 spiro atoms. The van der Waals surface area contributed by atoms with E-state index in [1.807, 2.05) is 0 Å². The lowest BCUT2D eigenvalue weighted by Crippen LogP contribution is -2.38. The highest BCUT2D eigenvalue weighted by molar-refractivity contribution is 7.38. The van der Waals surface area contributed by atoms with Gasteiger partial charge >= 0.3 is 0 Å². The molecule has 0 aromatic carbocycles. The lowest BCUT2D eigenvalue weighted by molar-refractivity contribution is -0.102. The van der Waals surface area contributed by atoms with E-state index < -0.39 is 0 Å². The lowest BCUT2D eigenvalue weighted by atomic mass is 9.92. The SMILES string of the molecule is COC(CCPCCC(CCN)(CCPCCC(OC)OC)OC(C)C)OC. The van der Waals surface area contributed by atoms with Crippen molar-refractivity contribution in [3.05, 3.63) is 0 Å². The highest BCUT2D eigenvalue weighted by atomic mass is 31.1. The van der Waals surface area contributed by atoms with E-state index in [0.717, 1.165) is 61.6 Å². The van der Waals surface area contributed by atoms with Gasteiger partial charge in [0.05, 0.1) is 11.7 Å². The molecule has 0 heterocycles. The van der Waals surface area contributed by atoms with E-state index in [-0.39, 0.29) is 24.3 Å². The monoisotopic (exact) mass is 441 g/mol. The lowest BCUT2D eigenvalue weighted by Gasteiger charge is -2.36. The Bertz CT molecular complexity index is 321. The van der Waals surface area contributed by atoms with Gasteiger partial charge in [-0.05, 0) is 64.3 Å². The summed E-state index contributed by atoms with van der Waals surface area (Å²) in [5.41, 5.74) is 5.87. The molecule has 0 aromatic heterocycles. The molecule has 2 N–H and O–H groups in total. The van der Waals surface area contributed by atoms with Crippen molar-refractivity contribution in [1.82, 2.24) is 0 Å². The third-order valence-corrected chi connectivity index (χ3v) is 7.26. The van der Waals surface area contributed by atoms with Gasteiger partial charge in [-0.25, -0.2) is 0 Å². The summed E-state index contributed by atoms with van der Waals surface area (Å²) in [4.78, 5) is 0. The van der Waals surface area contributed by atoms with Gasteiger partial charge in [0.25, 0.3) is 0 Å². The largest absolute Gasteiger partial charge is 0.372 e. The van der Waals surface area contributed by atoms with Gasteiger partial charge in [-0.2, -0.15) is 0 Å². The average Bonchev–Trinajstić information content (AvgIpc) is 2.67. The molecule has 0 fully saturated rings. The van der Waals surface area contributed by atoms with Crippen LogP contribution in [0.3, 0.4) is 0 Å². The van der Waals surface area contributed by atoms with Crippen LogP contribution in [0.4, 0.5) is 0 Å². The van der Waals surface area contributed by atoms with Crippen molar-refractivity contribution < 1.29 is 23.7 Å². The van der Waals surface area contributed by atoms with Crippen LogP contribution < -0.4 is 5.73 Å². The summed E-state index contributed by atoms with van der Waals surface area (Å²) in [6.45, 7) is 4.92. The molecule has 0 saturated heterocycles. The van der Waals surface area contributed by atoms with Crippen molar-refractivity contribution in [2.45, 2.75) is 70.2 Å². The van der Waals surface area contributed by atoms with Crippen LogP contribution in [0.25, 0.3) is 0 Å². The summed E-state index contributed by atoms with van der Waals surface area (Å²) in [6.07, 6.45) is 9.63. The quantitative estimate of drug-likeness (QED) is 0.177. The topological polar surface area (TPSA) is 72.2 Å². The first-order valence-electron chi connectivity index (χ1n) is 10.4. The highest BCUT2D eigenvalue weighted by Gasteiger charge is 2.30. The predicted molar refractivity (Wildman–Crippen MR) is 123 cm³/mol. The molecule has 0 aliphatic heterocycles. The number of ether oxygens (including phenoxy) is 5. The summed E-state index contributed by atoms with van der Waals surface area (Å²) in [5, 5.41) is 0. The van der Waals surface area contributed by atoms with Crippen molar-refractivity contribution >= 4 is 17.2 Å². The van der Waals surface area contributed by atoms with Crippen molar-refractivity contribution in [3.8, 4) is 0 Å². The number of hydrogen-bond acceptors (Lipinski definition) is 6. The summed E-state index contributed by atoms with van der Waals surface area (Å²) in [5.74, 6) is 0. The van der Waals surface area contributed by atoms with Gasteiger partial charge < -0.3 is 29.4 Å². The van der Waals surface area contributed by atoms with E-state index in [1.54, 1.807) is 28.4 Å². The molecule has 0 aliphatic carbocycles. The van der Waals surface area contributed by atoms with Crippen LogP contribution >= 0.6 is 17.2 Å². The van der Waals surface area contributed by atoms with Gasteiger partial charge in [-0.3, -0.25) is 0 Å². The molecule has 0 amide bonds. The Morgan fingerprint density at radius 1 is 0.714 bits per heavy atom. The zero-order chi connectivity index (χ0) is 21.3. The van der Waals surface area contributed by atoms with Crippen LogP contribution in [-0.4, -0.2) is 83.9 Å². The minimum absolute atomic E-state index is 0.0857. The number of rotatable bonds is 20. The smallest absolute Gasteiger partial charge is 0.157 e. The van der Waals surface area contributed by atoms with Gasteiger partial charge in [0, 0.05) is 41.3 Å². The Kier molecular flexibility index (Phi) is 18.8. The maximum absolute atomic E-state index is 6.45. The first-order valence-corrected chi connectivity index (χ1v) is 13.2. The van der Waals surface area contributed by atoms with Crippen LogP contribution in [0.15, 0.2) is 0 Å². The zero-order valence-corrected chi connectivity index (χ0v) is 20.9. The van der Waals surface area contributed by atoms with E-state index in [9.17, 15) is 0 Å². The average molecular weight is 442 g/mol. The number of nitrogens with two attached hydrogens (primary N) is 1. The molecule has 6 nitrogen and oxygen atoms in total. The fourth-order valence-electron chi connectivity index (χ4n) is 3.30. The molecule has 2 unspecified atom stereocenters. The molecule has 0 saturated carbocycles. The van der Waals surface area contributed by atoms with Crippen molar-refractivity contribution in [3.63, 3.8) is 0 Å². The minimum Gasteiger partial charge on any atom is -0.372 e. The molecular weight excluding hydrogens is 396 g/mol. The van der Waals surface area contributed by atoms with Crippen LogP contribution in [-0.2, 0) is 23.7 Å². The van der Waals surface area contributed by atoms with E-state index in [1.165, 1.54) is 12.3 Å². The van der Waals surface area contributed by atoms with Crippen LogP contribution in [0.2, 0.25) is 0 Å². The molecule has 0 bridgehead atoms. The fraction of sp³-hybridized carbons (Fsp3) is 1.00. The second-order valence-electron chi connectivity index (χ2n) is 7.27. The minimum atomic E-state index is -0.0905. The molecule has 28 heavy (non-hydrogen) atoms. The Balaban J connectivity index is 4.45. The molecule has 0 radical (unpaired) electrons. The summed E-state index contributed by atoms with van der Waals surface area (Å²) in [6, 6.07) is 0. The molecule has 2 atom stereocenters. The number of methoxy groups -OCH3 is 4. The molecule has 0 rings (SSSR count). The van der Waals surface area contributed by atoms with Crippen LogP contribution in [0.1, 0.15) is 46.0 Å². The first kappa shape index (κ1) is 28.6. The van der Waals surface area contributed by atoms with E-state index in [2.05, 4.69) is 13.8 Å². The standard InChI is InChI=1S/C20H45NO5P2/c1-17(2)26-20(9-12-21,10-15-27-13-7-18(22-3)23-4)11-16-28-14-8-19(24-5)25-6/h17-19,27-28H,7-16,21H2,1-6H3. The zero-order valence-electron chi connectivity index (χ0n) is 18.9. The molecule has 0 aromatic rings. The Hall–Kier alpha value is 0.620. The summed E-state index contributed by atoms with van der Waals surface area (Å²) >= 11 is 0. The Morgan fingerprint density at radius 2 is 1.14 bits per heavy atom. The van der Waals surface area contributed by atoms with E-state index in [4.69, 9.17) is 29.4 Å². The van der Waals surface area contributed by atoms with Crippen molar-refractivity contribution in [2.75, 3.05) is 59.6 Å². The normalized spacial score (nSPS) is 15.2. The fourth-order valence-corrected chi connectivity index (χ4v) is 5.95. The summed E-state index contributed by atoms with van der Waals surface area (Å²) < 4.78 is 27.5. The number of hydrogen-bond donors (Lipinski definition) is 1. The van der Waals surface area contributed by atoms with E-state index in [0.29, 0.717) is 6.54 Å². The Morgan fingerprint density at radius 3 is 1.46 bits per heavy atom.